The Hall–Kier alpha value is -4.70. The molecular formula is C40H39N3O. The molecule has 3 heterocycles. The Morgan fingerprint density at radius 3 is 2.05 bits per heavy atom. The number of para-hydroxylation sites is 2. The molecule has 0 radical (unpaired) electrons. The molecule has 4 aromatic carbocycles. The molecule has 220 valence electrons. The SMILES string of the molecule is CC(C)c1cc(-c2ccccc2)cc(C(C)C)c1-n1c(-c2cccc3c2oc2ccccc23)nc2c(C(C)(C)C)nccc21. The molecule has 0 N–H and O–H groups in total. The van der Waals surface area contributed by atoms with E-state index in [0.29, 0.717) is 0 Å². The second-order valence-electron chi connectivity index (χ2n) is 13.5. The summed E-state index contributed by atoms with van der Waals surface area (Å²) < 4.78 is 8.98. The molecule has 0 amide bonds. The van der Waals surface area contributed by atoms with Gasteiger partial charge in [-0.05, 0) is 64.4 Å². The average molecular weight is 578 g/mol. The van der Waals surface area contributed by atoms with E-state index < -0.39 is 0 Å². The summed E-state index contributed by atoms with van der Waals surface area (Å²) >= 11 is 0. The third-order valence-corrected chi connectivity index (χ3v) is 8.67. The first-order chi connectivity index (χ1) is 21.1. The lowest BCUT2D eigenvalue weighted by molar-refractivity contribution is 0.574. The van der Waals surface area contributed by atoms with Crippen molar-refractivity contribution in [3.8, 4) is 28.2 Å². The molecule has 7 rings (SSSR count). The van der Waals surface area contributed by atoms with Crippen LogP contribution in [0.3, 0.4) is 0 Å². The molecule has 0 aliphatic heterocycles. The Labute approximate surface area is 259 Å². The Bertz CT molecular complexity index is 2130. The molecule has 0 atom stereocenters. The van der Waals surface area contributed by atoms with Crippen molar-refractivity contribution in [3.63, 3.8) is 0 Å². The van der Waals surface area contributed by atoms with Gasteiger partial charge in [0.05, 0.1) is 22.5 Å². The second-order valence-corrected chi connectivity index (χ2v) is 13.5. The van der Waals surface area contributed by atoms with Crippen LogP contribution in [0.2, 0.25) is 0 Å². The van der Waals surface area contributed by atoms with Gasteiger partial charge in [0.25, 0.3) is 0 Å². The van der Waals surface area contributed by atoms with Crippen LogP contribution in [-0.4, -0.2) is 14.5 Å². The fourth-order valence-electron chi connectivity index (χ4n) is 6.50. The quantitative estimate of drug-likeness (QED) is 0.204. The minimum Gasteiger partial charge on any atom is -0.455 e. The van der Waals surface area contributed by atoms with Crippen molar-refractivity contribution in [2.45, 2.75) is 65.7 Å². The molecule has 3 aromatic heterocycles. The number of pyridine rings is 1. The minimum absolute atomic E-state index is 0.180. The maximum absolute atomic E-state index is 6.59. The van der Waals surface area contributed by atoms with Crippen LogP contribution in [0.15, 0.2) is 102 Å². The molecule has 44 heavy (non-hydrogen) atoms. The number of nitrogens with zero attached hydrogens (tertiary/aromatic N) is 3. The molecule has 0 unspecified atom stereocenters. The number of imidazole rings is 1. The van der Waals surface area contributed by atoms with Gasteiger partial charge in [0.2, 0.25) is 0 Å². The monoisotopic (exact) mass is 577 g/mol. The summed E-state index contributed by atoms with van der Waals surface area (Å²) in [6.07, 6.45) is 1.94. The van der Waals surface area contributed by atoms with E-state index in [2.05, 4.69) is 132 Å². The van der Waals surface area contributed by atoms with E-state index in [4.69, 9.17) is 14.4 Å². The van der Waals surface area contributed by atoms with Crippen molar-refractivity contribution in [1.29, 1.82) is 0 Å². The van der Waals surface area contributed by atoms with Crippen molar-refractivity contribution in [2.24, 2.45) is 0 Å². The fourth-order valence-corrected chi connectivity index (χ4v) is 6.50. The molecule has 0 bridgehead atoms. The maximum Gasteiger partial charge on any atom is 0.149 e. The fraction of sp³-hybridized carbons (Fsp3) is 0.250. The van der Waals surface area contributed by atoms with Gasteiger partial charge in [0, 0.05) is 22.4 Å². The molecule has 7 aromatic rings. The summed E-state index contributed by atoms with van der Waals surface area (Å²) in [7, 11) is 0. The largest absolute Gasteiger partial charge is 0.455 e. The zero-order valence-corrected chi connectivity index (χ0v) is 26.6. The Morgan fingerprint density at radius 2 is 1.36 bits per heavy atom. The smallest absolute Gasteiger partial charge is 0.149 e. The first-order valence-electron chi connectivity index (χ1n) is 15.7. The third kappa shape index (κ3) is 4.52. The van der Waals surface area contributed by atoms with E-state index in [1.54, 1.807) is 0 Å². The predicted molar refractivity (Wildman–Crippen MR) is 184 cm³/mol. The summed E-state index contributed by atoms with van der Waals surface area (Å²) in [5.74, 6) is 1.43. The Kier molecular flexibility index (Phi) is 6.69. The molecule has 4 nitrogen and oxygen atoms in total. The summed E-state index contributed by atoms with van der Waals surface area (Å²) in [6.45, 7) is 15.8. The molecule has 0 saturated carbocycles. The van der Waals surface area contributed by atoms with Gasteiger partial charge >= 0.3 is 0 Å². The van der Waals surface area contributed by atoms with Crippen LogP contribution in [0.5, 0.6) is 0 Å². The summed E-state index contributed by atoms with van der Waals surface area (Å²) in [6, 6.07) is 32.3. The number of benzene rings is 4. The van der Waals surface area contributed by atoms with Gasteiger partial charge in [-0.3, -0.25) is 9.55 Å². The van der Waals surface area contributed by atoms with Crippen molar-refractivity contribution in [1.82, 2.24) is 14.5 Å². The highest BCUT2D eigenvalue weighted by molar-refractivity contribution is 6.09. The zero-order valence-electron chi connectivity index (χ0n) is 26.6. The van der Waals surface area contributed by atoms with Crippen LogP contribution >= 0.6 is 0 Å². The molecule has 4 heteroatoms. The number of furan rings is 1. The molecule has 0 spiro atoms. The van der Waals surface area contributed by atoms with Crippen molar-refractivity contribution in [2.75, 3.05) is 0 Å². The van der Waals surface area contributed by atoms with Gasteiger partial charge in [-0.25, -0.2) is 4.98 Å². The zero-order chi connectivity index (χ0) is 30.7. The van der Waals surface area contributed by atoms with E-state index >= 15 is 0 Å². The van der Waals surface area contributed by atoms with Gasteiger partial charge in [-0.15, -0.1) is 0 Å². The van der Waals surface area contributed by atoms with E-state index in [9.17, 15) is 0 Å². The van der Waals surface area contributed by atoms with Crippen LogP contribution in [0.4, 0.5) is 0 Å². The van der Waals surface area contributed by atoms with E-state index in [0.717, 1.165) is 50.1 Å². The van der Waals surface area contributed by atoms with E-state index in [-0.39, 0.29) is 17.3 Å². The molecular weight excluding hydrogens is 538 g/mol. The average Bonchev–Trinajstić information content (AvgIpc) is 3.59. The maximum atomic E-state index is 6.59. The lowest BCUT2D eigenvalue weighted by Gasteiger charge is -2.24. The van der Waals surface area contributed by atoms with Crippen LogP contribution in [0.25, 0.3) is 61.2 Å². The summed E-state index contributed by atoms with van der Waals surface area (Å²) in [5, 5.41) is 2.21. The predicted octanol–water partition coefficient (Wildman–Crippen LogP) is 11.2. The van der Waals surface area contributed by atoms with Crippen LogP contribution in [-0.2, 0) is 5.41 Å². The van der Waals surface area contributed by atoms with Crippen LogP contribution in [0, 0.1) is 0 Å². The number of fused-ring (bicyclic) bond motifs is 4. The highest BCUT2D eigenvalue weighted by Crippen LogP contribution is 2.43. The molecule has 0 aliphatic carbocycles. The number of aromatic nitrogens is 3. The standard InChI is InChI=1S/C40H39N3O/c1-24(2)31-22-27(26-14-9-8-10-15-26)23-32(25(3)4)36(31)43-33-20-21-41-38(40(5,6)7)35(33)42-39(43)30-18-13-17-29-28-16-11-12-19-34(28)44-37(29)30/h8-25H,1-7H3. The lowest BCUT2D eigenvalue weighted by Crippen LogP contribution is -2.14. The van der Waals surface area contributed by atoms with Gasteiger partial charge in [0.15, 0.2) is 0 Å². The molecule has 0 fully saturated rings. The third-order valence-electron chi connectivity index (χ3n) is 8.67. The molecule has 0 aliphatic rings. The Balaban J connectivity index is 1.64. The first-order valence-corrected chi connectivity index (χ1v) is 15.7. The highest BCUT2D eigenvalue weighted by atomic mass is 16.3. The lowest BCUT2D eigenvalue weighted by atomic mass is 9.88. The summed E-state index contributed by atoms with van der Waals surface area (Å²) in [4.78, 5) is 10.4. The summed E-state index contributed by atoms with van der Waals surface area (Å²) in [5.41, 5.74) is 11.8. The number of rotatable bonds is 5. The van der Waals surface area contributed by atoms with Crippen molar-refractivity contribution >= 4 is 33.0 Å². The molecule has 0 saturated heterocycles. The van der Waals surface area contributed by atoms with E-state index in [1.165, 1.54) is 27.9 Å². The number of hydrogen-bond acceptors (Lipinski definition) is 3. The van der Waals surface area contributed by atoms with Crippen molar-refractivity contribution in [3.05, 3.63) is 114 Å². The van der Waals surface area contributed by atoms with Gasteiger partial charge < -0.3 is 4.42 Å². The topological polar surface area (TPSA) is 43.9 Å². The normalized spacial score (nSPS) is 12.4. The number of hydrogen-bond donors (Lipinski definition) is 0. The van der Waals surface area contributed by atoms with Crippen LogP contribution < -0.4 is 0 Å². The first kappa shape index (κ1) is 28.1. The van der Waals surface area contributed by atoms with E-state index in [1.807, 2.05) is 18.3 Å². The Morgan fingerprint density at radius 1 is 0.705 bits per heavy atom. The minimum atomic E-state index is -0.180. The van der Waals surface area contributed by atoms with Gasteiger partial charge in [-0.2, -0.15) is 0 Å². The van der Waals surface area contributed by atoms with Crippen molar-refractivity contribution < 1.29 is 4.42 Å². The second kappa shape index (κ2) is 10.5. The van der Waals surface area contributed by atoms with Gasteiger partial charge in [-0.1, -0.05) is 109 Å². The van der Waals surface area contributed by atoms with Crippen LogP contribution in [0.1, 0.15) is 77.1 Å². The highest BCUT2D eigenvalue weighted by Gasteiger charge is 2.28. The van der Waals surface area contributed by atoms with Gasteiger partial charge in [0.1, 0.15) is 22.5 Å².